The van der Waals surface area contributed by atoms with Crippen molar-refractivity contribution in [2.45, 2.75) is 44.9 Å². The maximum Gasteiger partial charge on any atom is 0.265 e. The Balaban J connectivity index is 2.30. The fourth-order valence-electron chi connectivity index (χ4n) is 2.18. The lowest BCUT2D eigenvalue weighted by molar-refractivity contribution is 0.590. The number of aromatic amines is 1. The molecule has 0 radical (unpaired) electrons. The highest BCUT2D eigenvalue weighted by atomic mass is 32.2. The topological polar surface area (TPSA) is 74.8 Å². The zero-order valence-corrected chi connectivity index (χ0v) is 13.8. The first-order valence-corrected chi connectivity index (χ1v) is 8.24. The second-order valence-electron chi connectivity index (χ2n) is 6.20. The van der Waals surface area contributed by atoms with Crippen LogP contribution < -0.4 is 4.72 Å². The number of nitrogens with one attached hydrogen (secondary N) is 2. The van der Waals surface area contributed by atoms with Crippen molar-refractivity contribution in [1.82, 2.24) is 10.2 Å². The van der Waals surface area contributed by atoms with Crippen molar-refractivity contribution in [1.29, 1.82) is 0 Å². The molecule has 1 aromatic carbocycles. The summed E-state index contributed by atoms with van der Waals surface area (Å²) >= 11 is 0. The molecule has 0 saturated carbocycles. The normalized spacial score (nSPS) is 12.4. The number of anilines is 1. The summed E-state index contributed by atoms with van der Waals surface area (Å²) in [4.78, 5) is 0.211. The predicted octanol–water partition coefficient (Wildman–Crippen LogP) is 3.12. The van der Waals surface area contributed by atoms with Crippen LogP contribution in [-0.2, 0) is 15.4 Å². The van der Waals surface area contributed by atoms with Gasteiger partial charge >= 0.3 is 0 Å². The zero-order chi connectivity index (χ0) is 15.8. The maximum atomic E-state index is 12.4. The molecule has 2 rings (SSSR count). The van der Waals surface area contributed by atoms with Crippen LogP contribution in [0.1, 0.15) is 37.7 Å². The quantitative estimate of drug-likeness (QED) is 0.915. The van der Waals surface area contributed by atoms with Crippen LogP contribution in [0.2, 0.25) is 0 Å². The van der Waals surface area contributed by atoms with Crippen molar-refractivity contribution in [3.8, 4) is 0 Å². The Morgan fingerprint density at radius 3 is 2.10 bits per heavy atom. The third-order valence-electron chi connectivity index (χ3n) is 3.33. The lowest BCUT2D eigenvalue weighted by atomic mass is 9.87. The second-order valence-corrected chi connectivity index (χ2v) is 7.82. The summed E-state index contributed by atoms with van der Waals surface area (Å²) in [5.74, 6) is 0. The molecule has 114 valence electrons. The standard InChI is InChI=1S/C15H21N3O2S/c1-10-14(11(2)17-16-10)21(19,20)18-13-8-6-12(7-9-13)15(3,4)5/h6-9,18H,1-5H3,(H,16,17). The summed E-state index contributed by atoms with van der Waals surface area (Å²) in [6.45, 7) is 9.71. The molecule has 0 amide bonds. The summed E-state index contributed by atoms with van der Waals surface area (Å²) in [6.07, 6.45) is 0. The van der Waals surface area contributed by atoms with E-state index in [1.807, 2.05) is 12.1 Å². The largest absolute Gasteiger partial charge is 0.281 e. The van der Waals surface area contributed by atoms with Crippen LogP contribution in [0.3, 0.4) is 0 Å². The molecular weight excluding hydrogens is 286 g/mol. The van der Waals surface area contributed by atoms with Gasteiger partial charge in [0.1, 0.15) is 4.90 Å². The first kappa shape index (κ1) is 15.6. The average molecular weight is 307 g/mol. The Bertz CT molecular complexity index is 719. The minimum Gasteiger partial charge on any atom is -0.281 e. The number of sulfonamides is 1. The van der Waals surface area contributed by atoms with Gasteiger partial charge in [-0.3, -0.25) is 9.82 Å². The number of H-pyrrole nitrogens is 1. The minimum atomic E-state index is -3.62. The van der Waals surface area contributed by atoms with Crippen molar-refractivity contribution in [3.05, 3.63) is 41.2 Å². The lowest BCUT2D eigenvalue weighted by Gasteiger charge is -2.19. The van der Waals surface area contributed by atoms with E-state index in [2.05, 4.69) is 35.7 Å². The Hall–Kier alpha value is -1.82. The number of nitrogens with zero attached hydrogens (tertiary/aromatic N) is 1. The molecule has 0 aliphatic heterocycles. The van der Waals surface area contributed by atoms with Crippen LogP contribution in [0.4, 0.5) is 5.69 Å². The Kier molecular flexibility index (Phi) is 3.84. The molecule has 21 heavy (non-hydrogen) atoms. The van der Waals surface area contributed by atoms with Crippen molar-refractivity contribution >= 4 is 15.7 Å². The highest BCUT2D eigenvalue weighted by Gasteiger charge is 2.22. The average Bonchev–Trinajstić information content (AvgIpc) is 2.68. The van der Waals surface area contributed by atoms with Crippen LogP contribution >= 0.6 is 0 Å². The van der Waals surface area contributed by atoms with Crippen molar-refractivity contribution < 1.29 is 8.42 Å². The molecule has 0 aliphatic rings. The van der Waals surface area contributed by atoms with Gasteiger partial charge in [0.05, 0.1) is 11.4 Å². The first-order valence-electron chi connectivity index (χ1n) is 6.76. The minimum absolute atomic E-state index is 0.0368. The van der Waals surface area contributed by atoms with Crippen molar-refractivity contribution in [2.75, 3.05) is 4.72 Å². The van der Waals surface area contributed by atoms with E-state index in [1.165, 1.54) is 0 Å². The third kappa shape index (κ3) is 3.26. The van der Waals surface area contributed by atoms with Crippen LogP contribution in [0, 0.1) is 13.8 Å². The van der Waals surface area contributed by atoms with E-state index in [9.17, 15) is 8.42 Å². The highest BCUT2D eigenvalue weighted by Crippen LogP contribution is 2.25. The first-order chi connectivity index (χ1) is 9.61. The van der Waals surface area contributed by atoms with Gasteiger partial charge in [-0.25, -0.2) is 8.42 Å². The lowest BCUT2D eigenvalue weighted by Crippen LogP contribution is -2.15. The summed E-state index contributed by atoms with van der Waals surface area (Å²) < 4.78 is 27.4. The molecule has 2 aromatic rings. The summed E-state index contributed by atoms with van der Waals surface area (Å²) in [5, 5.41) is 6.61. The van der Waals surface area contributed by atoms with Gasteiger partial charge in [-0.15, -0.1) is 0 Å². The molecule has 0 fully saturated rings. The van der Waals surface area contributed by atoms with Gasteiger partial charge in [-0.1, -0.05) is 32.9 Å². The van der Waals surface area contributed by atoms with E-state index < -0.39 is 10.0 Å². The summed E-state index contributed by atoms with van der Waals surface area (Å²) in [5.41, 5.74) is 2.73. The number of hydrogen-bond donors (Lipinski definition) is 2. The van der Waals surface area contributed by atoms with Crippen LogP contribution in [0.15, 0.2) is 29.2 Å². The van der Waals surface area contributed by atoms with E-state index in [-0.39, 0.29) is 10.3 Å². The van der Waals surface area contributed by atoms with Crippen molar-refractivity contribution in [3.63, 3.8) is 0 Å². The number of aryl methyl sites for hydroxylation is 2. The van der Waals surface area contributed by atoms with Crippen LogP contribution in [0.25, 0.3) is 0 Å². The molecular formula is C15H21N3O2S. The Morgan fingerprint density at radius 2 is 1.67 bits per heavy atom. The van der Waals surface area contributed by atoms with Crippen LogP contribution in [0.5, 0.6) is 0 Å². The molecule has 1 heterocycles. The zero-order valence-electron chi connectivity index (χ0n) is 13.0. The van der Waals surface area contributed by atoms with Gasteiger partial charge < -0.3 is 0 Å². The van der Waals surface area contributed by atoms with E-state index in [0.29, 0.717) is 17.1 Å². The summed E-state index contributed by atoms with van der Waals surface area (Å²) in [7, 11) is -3.62. The summed E-state index contributed by atoms with van der Waals surface area (Å²) in [6, 6.07) is 7.44. The molecule has 1 aromatic heterocycles. The Labute approximate surface area is 125 Å². The van der Waals surface area contributed by atoms with Gasteiger partial charge in [0.25, 0.3) is 10.0 Å². The van der Waals surface area contributed by atoms with Gasteiger partial charge in [-0.05, 0) is 37.0 Å². The molecule has 0 atom stereocenters. The molecule has 0 saturated heterocycles. The molecule has 6 heteroatoms. The molecule has 0 bridgehead atoms. The number of hydrogen-bond acceptors (Lipinski definition) is 3. The van der Waals surface area contributed by atoms with Gasteiger partial charge in [0.15, 0.2) is 0 Å². The van der Waals surface area contributed by atoms with Crippen molar-refractivity contribution in [2.24, 2.45) is 0 Å². The van der Waals surface area contributed by atoms with Crippen LogP contribution in [-0.4, -0.2) is 18.6 Å². The van der Waals surface area contributed by atoms with E-state index in [1.54, 1.807) is 26.0 Å². The maximum absolute atomic E-state index is 12.4. The third-order valence-corrected chi connectivity index (χ3v) is 4.98. The monoisotopic (exact) mass is 307 g/mol. The smallest absolute Gasteiger partial charge is 0.265 e. The van der Waals surface area contributed by atoms with Gasteiger partial charge in [-0.2, -0.15) is 5.10 Å². The molecule has 0 aliphatic carbocycles. The molecule has 0 unspecified atom stereocenters. The second kappa shape index (κ2) is 5.18. The van der Waals surface area contributed by atoms with Gasteiger partial charge in [0.2, 0.25) is 0 Å². The predicted molar refractivity (Wildman–Crippen MR) is 84.0 cm³/mol. The number of benzene rings is 1. The fourth-order valence-corrected chi connectivity index (χ4v) is 3.61. The van der Waals surface area contributed by atoms with E-state index >= 15 is 0 Å². The highest BCUT2D eigenvalue weighted by molar-refractivity contribution is 7.92. The Morgan fingerprint density at radius 1 is 1.10 bits per heavy atom. The SMILES string of the molecule is Cc1n[nH]c(C)c1S(=O)(=O)Nc1ccc(C(C)(C)C)cc1. The fraction of sp³-hybridized carbons (Fsp3) is 0.400. The molecule has 0 spiro atoms. The number of rotatable bonds is 3. The molecule has 2 N–H and O–H groups in total. The molecule has 5 nitrogen and oxygen atoms in total. The number of aromatic nitrogens is 2. The van der Waals surface area contributed by atoms with E-state index in [4.69, 9.17) is 0 Å². The van der Waals surface area contributed by atoms with Gasteiger partial charge in [0, 0.05) is 5.69 Å². The van der Waals surface area contributed by atoms with E-state index in [0.717, 1.165) is 5.56 Å².